The average Bonchev–Trinajstić information content (AvgIpc) is 2.84. The summed E-state index contributed by atoms with van der Waals surface area (Å²) in [7, 11) is -5.47. The number of hydrogen-bond donors (Lipinski definition) is 1. The van der Waals surface area contributed by atoms with Crippen molar-refractivity contribution in [2.45, 2.75) is 17.4 Å². The van der Waals surface area contributed by atoms with Crippen molar-refractivity contribution in [3.05, 3.63) is 24.3 Å². The van der Waals surface area contributed by atoms with Gasteiger partial charge in [-0.2, -0.15) is 4.31 Å². The van der Waals surface area contributed by atoms with Gasteiger partial charge >= 0.3 is 0 Å². The smallest absolute Gasteiger partial charge is 0.243 e. The molecule has 1 atom stereocenters. The summed E-state index contributed by atoms with van der Waals surface area (Å²) in [5.74, 6) is 0.409. The van der Waals surface area contributed by atoms with Crippen LogP contribution in [0.15, 0.2) is 29.2 Å². The van der Waals surface area contributed by atoms with Gasteiger partial charge in [0.25, 0.3) is 0 Å². The highest BCUT2D eigenvalue weighted by Gasteiger charge is 2.38. The maximum atomic E-state index is 12.8. The van der Waals surface area contributed by atoms with Crippen LogP contribution in [-0.4, -0.2) is 58.9 Å². The maximum absolute atomic E-state index is 12.8. The predicted molar refractivity (Wildman–Crippen MR) is 83.0 cm³/mol. The summed E-state index contributed by atoms with van der Waals surface area (Å²) in [5.41, 5.74) is 5.51. The highest BCUT2D eigenvalue weighted by molar-refractivity contribution is 7.92. The summed E-state index contributed by atoms with van der Waals surface area (Å²) in [4.78, 5) is 0.103. The largest absolute Gasteiger partial charge is 0.497 e. The van der Waals surface area contributed by atoms with E-state index in [0.29, 0.717) is 12.2 Å². The molecule has 0 saturated carbocycles. The molecule has 1 heterocycles. The lowest BCUT2D eigenvalue weighted by Gasteiger charge is -2.26. The van der Waals surface area contributed by atoms with Crippen molar-refractivity contribution in [2.24, 2.45) is 5.73 Å². The lowest BCUT2D eigenvalue weighted by atomic mass is 10.2. The van der Waals surface area contributed by atoms with E-state index >= 15 is 0 Å². The Hall–Kier alpha value is -1.16. The first-order chi connectivity index (χ1) is 10.3. The van der Waals surface area contributed by atoms with Gasteiger partial charge in [-0.25, -0.2) is 16.8 Å². The number of sulfonamides is 1. The number of nitrogens with two attached hydrogens (primary N) is 1. The van der Waals surface area contributed by atoms with Gasteiger partial charge in [0, 0.05) is 19.1 Å². The summed E-state index contributed by atoms with van der Waals surface area (Å²) in [5, 5.41) is 0. The van der Waals surface area contributed by atoms with Crippen molar-refractivity contribution in [1.29, 1.82) is 0 Å². The van der Waals surface area contributed by atoms with Crippen LogP contribution >= 0.6 is 0 Å². The zero-order valence-electron chi connectivity index (χ0n) is 12.3. The van der Waals surface area contributed by atoms with E-state index in [1.54, 1.807) is 12.1 Å². The highest BCUT2D eigenvalue weighted by Crippen LogP contribution is 2.25. The summed E-state index contributed by atoms with van der Waals surface area (Å²) in [6.45, 7) is 0.223. The van der Waals surface area contributed by atoms with Gasteiger partial charge in [0.1, 0.15) is 5.75 Å². The van der Waals surface area contributed by atoms with Crippen molar-refractivity contribution in [2.75, 3.05) is 31.7 Å². The molecule has 124 valence electrons. The number of ether oxygens (including phenoxy) is 1. The highest BCUT2D eigenvalue weighted by atomic mass is 32.2. The lowest BCUT2D eigenvalue weighted by molar-refractivity contribution is 0.347. The van der Waals surface area contributed by atoms with Crippen LogP contribution in [0.3, 0.4) is 0 Å². The monoisotopic (exact) mass is 348 g/mol. The second-order valence-corrected chi connectivity index (χ2v) is 9.26. The van der Waals surface area contributed by atoms with E-state index in [1.165, 1.54) is 23.5 Å². The molecular weight excluding hydrogens is 328 g/mol. The molecule has 2 rings (SSSR count). The van der Waals surface area contributed by atoms with Crippen molar-refractivity contribution in [3.8, 4) is 5.75 Å². The van der Waals surface area contributed by atoms with Gasteiger partial charge in [-0.3, -0.25) is 0 Å². The van der Waals surface area contributed by atoms with Crippen LogP contribution in [0.1, 0.15) is 6.42 Å². The Morgan fingerprint density at radius 2 is 1.95 bits per heavy atom. The molecule has 1 aromatic rings. The van der Waals surface area contributed by atoms with Crippen LogP contribution in [0.25, 0.3) is 0 Å². The Bertz CT molecular complexity index is 713. The fraction of sp³-hybridized carbons (Fsp3) is 0.538. The Balaban J connectivity index is 2.33. The second kappa shape index (κ2) is 6.53. The fourth-order valence-corrected chi connectivity index (χ4v) is 6.01. The number of hydrogen-bond acceptors (Lipinski definition) is 6. The van der Waals surface area contributed by atoms with Gasteiger partial charge in [0.05, 0.1) is 23.5 Å². The zero-order valence-corrected chi connectivity index (χ0v) is 13.9. The summed E-state index contributed by atoms with van der Waals surface area (Å²) < 4.78 is 55.0. The van der Waals surface area contributed by atoms with Crippen LogP contribution < -0.4 is 10.5 Å². The maximum Gasteiger partial charge on any atom is 0.243 e. The molecule has 1 aliphatic rings. The Kier molecular flexibility index (Phi) is 5.10. The first-order valence-electron chi connectivity index (χ1n) is 6.86. The molecule has 1 saturated heterocycles. The Labute approximate surface area is 131 Å². The van der Waals surface area contributed by atoms with Crippen molar-refractivity contribution >= 4 is 19.9 Å². The Morgan fingerprint density at radius 3 is 2.41 bits per heavy atom. The van der Waals surface area contributed by atoms with Crippen LogP contribution in [0.2, 0.25) is 0 Å². The third-order valence-electron chi connectivity index (χ3n) is 3.63. The molecule has 0 aliphatic carbocycles. The second-order valence-electron chi connectivity index (χ2n) is 5.14. The van der Waals surface area contributed by atoms with Gasteiger partial charge in [0.15, 0.2) is 9.84 Å². The molecule has 0 radical (unpaired) electrons. The van der Waals surface area contributed by atoms with Crippen molar-refractivity contribution in [1.82, 2.24) is 4.31 Å². The van der Waals surface area contributed by atoms with E-state index in [1.807, 2.05) is 0 Å². The van der Waals surface area contributed by atoms with Gasteiger partial charge in [-0.15, -0.1) is 0 Å². The third kappa shape index (κ3) is 3.60. The molecular formula is C13H20N2O5S2. The minimum absolute atomic E-state index is 0.0108. The van der Waals surface area contributed by atoms with Crippen LogP contribution in [0, 0.1) is 0 Å². The van der Waals surface area contributed by atoms with E-state index in [9.17, 15) is 16.8 Å². The third-order valence-corrected chi connectivity index (χ3v) is 7.35. The van der Waals surface area contributed by atoms with Crippen LogP contribution in [-0.2, 0) is 19.9 Å². The molecule has 7 nitrogen and oxygen atoms in total. The van der Waals surface area contributed by atoms with Gasteiger partial charge < -0.3 is 10.5 Å². The number of sulfone groups is 1. The molecule has 0 spiro atoms. The summed E-state index contributed by atoms with van der Waals surface area (Å²) in [6, 6.07) is 5.45. The normalized spacial score (nSPS) is 21.1. The van der Waals surface area contributed by atoms with Gasteiger partial charge in [-0.1, -0.05) is 0 Å². The number of benzene rings is 1. The van der Waals surface area contributed by atoms with E-state index in [0.717, 1.165) is 0 Å². The van der Waals surface area contributed by atoms with Crippen molar-refractivity contribution < 1.29 is 21.6 Å². The average molecular weight is 348 g/mol. The predicted octanol–water partition coefficient (Wildman–Crippen LogP) is -0.168. The van der Waals surface area contributed by atoms with Crippen LogP contribution in [0.4, 0.5) is 0 Å². The molecule has 0 bridgehead atoms. The van der Waals surface area contributed by atoms with Gasteiger partial charge in [0.2, 0.25) is 10.0 Å². The number of methoxy groups -OCH3 is 1. The standard InChI is InChI=1S/C13H20N2O5S2/c1-20-12-2-4-13(5-3-12)22(18,19)15(8-7-14)11-6-9-21(16,17)10-11/h2-5,11H,6-10,14H2,1H3/t11-/m1/s1. The van der Waals surface area contributed by atoms with E-state index in [4.69, 9.17) is 10.5 Å². The van der Waals surface area contributed by atoms with Gasteiger partial charge in [-0.05, 0) is 30.7 Å². The molecule has 2 N–H and O–H groups in total. The lowest BCUT2D eigenvalue weighted by Crippen LogP contribution is -2.43. The summed E-state index contributed by atoms with van der Waals surface area (Å²) >= 11 is 0. The quantitative estimate of drug-likeness (QED) is 0.765. The molecule has 0 unspecified atom stereocenters. The number of rotatable bonds is 6. The first-order valence-corrected chi connectivity index (χ1v) is 10.1. The molecule has 22 heavy (non-hydrogen) atoms. The Morgan fingerprint density at radius 1 is 1.32 bits per heavy atom. The zero-order chi connectivity index (χ0) is 16.4. The van der Waals surface area contributed by atoms with E-state index in [2.05, 4.69) is 0 Å². The minimum Gasteiger partial charge on any atom is -0.497 e. The fourth-order valence-electron chi connectivity index (χ4n) is 2.51. The summed E-state index contributed by atoms with van der Waals surface area (Å²) in [6.07, 6.45) is 0.303. The van der Waals surface area contributed by atoms with E-state index < -0.39 is 25.9 Å². The van der Waals surface area contributed by atoms with E-state index in [-0.39, 0.29) is 29.5 Å². The molecule has 0 aromatic heterocycles. The topological polar surface area (TPSA) is 107 Å². The molecule has 1 aromatic carbocycles. The molecule has 1 aliphatic heterocycles. The molecule has 0 amide bonds. The molecule has 1 fully saturated rings. The van der Waals surface area contributed by atoms with Crippen LogP contribution in [0.5, 0.6) is 5.75 Å². The first kappa shape index (κ1) is 17.2. The SMILES string of the molecule is COc1ccc(S(=O)(=O)N(CCN)[C@@H]2CCS(=O)(=O)C2)cc1. The minimum atomic E-state index is -3.79. The van der Waals surface area contributed by atoms with Crippen molar-refractivity contribution in [3.63, 3.8) is 0 Å². The molecule has 9 heteroatoms. The number of nitrogens with zero attached hydrogens (tertiary/aromatic N) is 1.